The van der Waals surface area contributed by atoms with Crippen molar-refractivity contribution < 1.29 is 15.0 Å². The smallest absolute Gasteiger partial charge is 0.317 e. The van der Waals surface area contributed by atoms with Crippen molar-refractivity contribution in [3.05, 3.63) is 35.4 Å². The van der Waals surface area contributed by atoms with Gasteiger partial charge in [0.15, 0.2) is 0 Å². The molecule has 0 aliphatic heterocycles. The topological polar surface area (TPSA) is 72.8 Å². The molecular weight excluding hydrogens is 292 g/mol. The molecule has 2 amide bonds. The van der Waals surface area contributed by atoms with Gasteiger partial charge in [0.2, 0.25) is 0 Å². The molecule has 0 aromatic heterocycles. The van der Waals surface area contributed by atoms with Gasteiger partial charge in [0.05, 0.1) is 18.8 Å². The Bertz CT molecular complexity index is 575. The van der Waals surface area contributed by atoms with Crippen LogP contribution in [0.3, 0.4) is 0 Å². The van der Waals surface area contributed by atoms with E-state index in [1.54, 1.807) is 13.8 Å². The standard InChI is InChI=1S/C18H26N2O3/c1-11(10-21)20(9-12(2)22)18(23)19-8-16-15-7-13-5-3-4-6-14(13)17(15)16/h3-6,11-12,15-17,21-22H,7-10H2,1-2H3,(H,19,23)/t11-,12-,15-,16+,17+/m0/s1. The van der Waals surface area contributed by atoms with E-state index < -0.39 is 6.10 Å². The van der Waals surface area contributed by atoms with Crippen LogP contribution < -0.4 is 5.32 Å². The lowest BCUT2D eigenvalue weighted by Gasteiger charge is -2.29. The first-order valence-electron chi connectivity index (χ1n) is 8.44. The minimum Gasteiger partial charge on any atom is -0.394 e. The van der Waals surface area contributed by atoms with Crippen molar-refractivity contribution in [1.82, 2.24) is 10.2 Å². The van der Waals surface area contributed by atoms with E-state index >= 15 is 0 Å². The molecule has 5 nitrogen and oxygen atoms in total. The Morgan fingerprint density at radius 1 is 1.39 bits per heavy atom. The van der Waals surface area contributed by atoms with Gasteiger partial charge in [-0.15, -0.1) is 0 Å². The highest BCUT2D eigenvalue weighted by molar-refractivity contribution is 5.74. The van der Waals surface area contributed by atoms with Gasteiger partial charge in [-0.1, -0.05) is 24.3 Å². The monoisotopic (exact) mass is 318 g/mol. The molecule has 1 aromatic rings. The Kier molecular flexibility index (Phi) is 4.60. The molecule has 0 saturated heterocycles. The minimum absolute atomic E-state index is 0.109. The molecule has 2 aliphatic rings. The number of urea groups is 1. The number of aliphatic hydroxyl groups excluding tert-OH is 2. The predicted octanol–water partition coefficient (Wildman–Crippen LogP) is 1.35. The van der Waals surface area contributed by atoms with Crippen molar-refractivity contribution in [2.45, 2.75) is 38.3 Å². The first kappa shape index (κ1) is 16.3. The Hall–Kier alpha value is -1.59. The van der Waals surface area contributed by atoms with Gasteiger partial charge in [0.1, 0.15) is 0 Å². The number of nitrogens with zero attached hydrogens (tertiary/aromatic N) is 1. The van der Waals surface area contributed by atoms with Crippen molar-refractivity contribution in [1.29, 1.82) is 0 Å². The lowest BCUT2D eigenvalue weighted by atomic mass is 10.0. The van der Waals surface area contributed by atoms with Crippen molar-refractivity contribution >= 4 is 6.03 Å². The number of rotatable bonds is 6. The van der Waals surface area contributed by atoms with Crippen molar-refractivity contribution in [3.8, 4) is 0 Å². The first-order valence-corrected chi connectivity index (χ1v) is 8.44. The number of aliphatic hydroxyl groups is 2. The Balaban J connectivity index is 1.54. The number of carbonyl (C=O) groups excluding carboxylic acids is 1. The van der Waals surface area contributed by atoms with Gasteiger partial charge in [0, 0.05) is 13.1 Å². The summed E-state index contributed by atoms with van der Waals surface area (Å²) in [5.74, 6) is 1.77. The van der Waals surface area contributed by atoms with Crippen LogP contribution in [0.4, 0.5) is 4.79 Å². The average molecular weight is 318 g/mol. The van der Waals surface area contributed by atoms with E-state index in [0.29, 0.717) is 24.3 Å². The Labute approximate surface area is 137 Å². The Morgan fingerprint density at radius 3 is 2.83 bits per heavy atom. The normalized spacial score (nSPS) is 26.9. The zero-order chi connectivity index (χ0) is 16.6. The average Bonchev–Trinajstić information content (AvgIpc) is 3.07. The first-order chi connectivity index (χ1) is 11.0. The van der Waals surface area contributed by atoms with E-state index in [1.807, 2.05) is 0 Å². The third-order valence-corrected chi connectivity index (χ3v) is 5.21. The van der Waals surface area contributed by atoms with Crippen molar-refractivity contribution in [2.75, 3.05) is 19.7 Å². The number of benzene rings is 1. The van der Waals surface area contributed by atoms with E-state index in [-0.39, 0.29) is 25.2 Å². The molecule has 0 heterocycles. The summed E-state index contributed by atoms with van der Waals surface area (Å²) < 4.78 is 0. The lowest BCUT2D eigenvalue weighted by molar-refractivity contribution is 0.0936. The zero-order valence-corrected chi connectivity index (χ0v) is 13.8. The van der Waals surface area contributed by atoms with E-state index in [9.17, 15) is 15.0 Å². The molecule has 3 N–H and O–H groups in total. The fourth-order valence-corrected chi connectivity index (χ4v) is 3.92. The highest BCUT2D eigenvalue weighted by Gasteiger charge is 2.55. The molecule has 1 fully saturated rings. The third-order valence-electron chi connectivity index (χ3n) is 5.21. The number of hydrogen-bond donors (Lipinski definition) is 3. The van der Waals surface area contributed by atoms with Crippen LogP contribution >= 0.6 is 0 Å². The van der Waals surface area contributed by atoms with E-state index in [2.05, 4.69) is 29.6 Å². The fourth-order valence-electron chi connectivity index (χ4n) is 3.92. The molecule has 3 rings (SSSR count). The summed E-state index contributed by atoms with van der Waals surface area (Å²) in [5, 5.41) is 21.8. The van der Waals surface area contributed by atoms with E-state index in [1.165, 1.54) is 16.0 Å². The van der Waals surface area contributed by atoms with E-state index in [0.717, 1.165) is 6.42 Å². The molecule has 0 spiro atoms. The molecular formula is C18H26N2O3. The molecule has 0 bridgehead atoms. The van der Waals surface area contributed by atoms with Gasteiger partial charge in [-0.3, -0.25) is 0 Å². The van der Waals surface area contributed by atoms with Crippen LogP contribution in [0.1, 0.15) is 30.9 Å². The van der Waals surface area contributed by atoms with Gasteiger partial charge in [-0.05, 0) is 49.1 Å². The highest BCUT2D eigenvalue weighted by Crippen LogP contribution is 2.60. The van der Waals surface area contributed by atoms with Crippen LogP contribution in [0.2, 0.25) is 0 Å². The van der Waals surface area contributed by atoms with Gasteiger partial charge in [0.25, 0.3) is 0 Å². The maximum atomic E-state index is 12.4. The molecule has 5 atom stereocenters. The van der Waals surface area contributed by atoms with Crippen molar-refractivity contribution in [2.24, 2.45) is 11.8 Å². The molecule has 1 saturated carbocycles. The maximum Gasteiger partial charge on any atom is 0.317 e. The summed E-state index contributed by atoms with van der Waals surface area (Å²) in [7, 11) is 0. The number of carbonyl (C=O) groups is 1. The summed E-state index contributed by atoms with van der Waals surface area (Å²) in [6, 6.07) is 8.07. The van der Waals surface area contributed by atoms with Crippen molar-refractivity contribution in [3.63, 3.8) is 0 Å². The predicted molar refractivity (Wildman–Crippen MR) is 88.2 cm³/mol. The van der Waals surface area contributed by atoms with Crippen LogP contribution in [-0.2, 0) is 6.42 Å². The SMILES string of the molecule is C[C@H](O)CN(C(=O)NC[C@@H]1[C@@H]2Cc3ccccc3[C@@H]12)[C@@H](C)CO. The molecule has 126 valence electrons. The maximum absolute atomic E-state index is 12.4. The quantitative estimate of drug-likeness (QED) is 0.741. The second-order valence-corrected chi connectivity index (χ2v) is 6.98. The number of hydrogen-bond acceptors (Lipinski definition) is 3. The highest BCUT2D eigenvalue weighted by atomic mass is 16.3. The molecule has 5 heteroatoms. The summed E-state index contributed by atoms with van der Waals surface area (Å²) in [5.41, 5.74) is 2.90. The summed E-state index contributed by atoms with van der Waals surface area (Å²) in [6.45, 7) is 4.21. The lowest BCUT2D eigenvalue weighted by Crippen LogP contribution is -2.49. The summed E-state index contributed by atoms with van der Waals surface area (Å²) in [6.07, 6.45) is 0.508. The second-order valence-electron chi connectivity index (χ2n) is 6.98. The molecule has 2 aliphatic carbocycles. The van der Waals surface area contributed by atoms with Gasteiger partial charge in [-0.25, -0.2) is 4.79 Å². The third kappa shape index (κ3) is 3.21. The van der Waals surface area contributed by atoms with Crippen LogP contribution in [-0.4, -0.2) is 53.0 Å². The van der Waals surface area contributed by atoms with Crippen LogP contribution in [0.5, 0.6) is 0 Å². The fraction of sp³-hybridized carbons (Fsp3) is 0.611. The number of fused-ring (bicyclic) bond motifs is 3. The molecule has 23 heavy (non-hydrogen) atoms. The van der Waals surface area contributed by atoms with Crippen LogP contribution in [0.25, 0.3) is 0 Å². The number of nitrogens with one attached hydrogen (secondary N) is 1. The Morgan fingerprint density at radius 2 is 2.13 bits per heavy atom. The van der Waals surface area contributed by atoms with Crippen LogP contribution in [0, 0.1) is 11.8 Å². The van der Waals surface area contributed by atoms with Crippen LogP contribution in [0.15, 0.2) is 24.3 Å². The van der Waals surface area contributed by atoms with Gasteiger partial charge < -0.3 is 20.4 Å². The second kappa shape index (κ2) is 6.49. The largest absolute Gasteiger partial charge is 0.394 e. The van der Waals surface area contributed by atoms with Gasteiger partial charge >= 0.3 is 6.03 Å². The summed E-state index contributed by atoms with van der Waals surface area (Å²) >= 11 is 0. The zero-order valence-electron chi connectivity index (χ0n) is 13.8. The van der Waals surface area contributed by atoms with Gasteiger partial charge in [-0.2, -0.15) is 0 Å². The van der Waals surface area contributed by atoms with E-state index in [4.69, 9.17) is 0 Å². The molecule has 0 radical (unpaired) electrons. The number of amides is 2. The minimum atomic E-state index is -0.609. The summed E-state index contributed by atoms with van der Waals surface area (Å²) in [4.78, 5) is 13.9. The molecule has 0 unspecified atom stereocenters. The molecule has 1 aromatic carbocycles.